The van der Waals surface area contributed by atoms with Crippen LogP contribution in [0.5, 0.6) is 0 Å². The van der Waals surface area contributed by atoms with E-state index in [4.69, 9.17) is 0 Å². The van der Waals surface area contributed by atoms with Crippen LogP contribution in [0.1, 0.15) is 41.6 Å². The van der Waals surface area contributed by atoms with Gasteiger partial charge in [0.25, 0.3) is 5.91 Å². The third kappa shape index (κ3) is 2.53. The van der Waals surface area contributed by atoms with Crippen LogP contribution < -0.4 is 5.32 Å². The van der Waals surface area contributed by atoms with Crippen molar-refractivity contribution in [2.75, 3.05) is 7.05 Å². The van der Waals surface area contributed by atoms with Crippen molar-refractivity contribution >= 4 is 5.91 Å². The van der Waals surface area contributed by atoms with Gasteiger partial charge in [0.1, 0.15) is 0 Å². The fraction of sp³-hybridized carbons (Fsp3) is 0.450. The van der Waals surface area contributed by atoms with E-state index in [1.807, 2.05) is 24.3 Å². The molecule has 0 aromatic heterocycles. The second-order valence-corrected chi connectivity index (χ2v) is 7.17. The molecule has 1 N–H and O–H groups in total. The summed E-state index contributed by atoms with van der Waals surface area (Å²) in [7, 11) is 2.23. The summed E-state index contributed by atoms with van der Waals surface area (Å²) in [5, 5.41) is 3.31. The van der Waals surface area contributed by atoms with Crippen LogP contribution in [0, 0.1) is 6.92 Å². The molecule has 3 heteroatoms. The monoisotopic (exact) mass is 308 g/mol. The van der Waals surface area contributed by atoms with E-state index >= 15 is 0 Å². The van der Waals surface area contributed by atoms with Gasteiger partial charge in [-0.3, -0.25) is 4.79 Å². The van der Waals surface area contributed by atoms with E-state index in [1.165, 1.54) is 24.0 Å². The average molecular weight is 308 g/mol. The molecule has 2 atom stereocenters. The zero-order chi connectivity index (χ0) is 16.0. The van der Waals surface area contributed by atoms with Gasteiger partial charge in [-0.2, -0.15) is 0 Å². The normalized spacial score (nSPS) is 27.3. The van der Waals surface area contributed by atoms with Gasteiger partial charge in [-0.1, -0.05) is 30.3 Å². The van der Waals surface area contributed by atoms with E-state index in [9.17, 15) is 4.79 Å². The van der Waals surface area contributed by atoms with Crippen molar-refractivity contribution in [1.82, 2.24) is 10.2 Å². The third-order valence-corrected chi connectivity index (χ3v) is 5.79. The number of piperidine rings is 1. The molecule has 23 heavy (non-hydrogen) atoms. The van der Waals surface area contributed by atoms with Crippen molar-refractivity contribution in [3.05, 3.63) is 47.5 Å². The number of fused-ring (bicyclic) bond motifs is 3. The molecule has 2 saturated heterocycles. The number of rotatable bonds is 2. The summed E-state index contributed by atoms with van der Waals surface area (Å²) in [6, 6.07) is 13.8. The van der Waals surface area contributed by atoms with Gasteiger partial charge in [0, 0.05) is 23.7 Å². The molecule has 4 rings (SSSR count). The zero-order valence-electron chi connectivity index (χ0n) is 13.9. The summed E-state index contributed by atoms with van der Waals surface area (Å²) < 4.78 is 0. The lowest BCUT2D eigenvalue weighted by Gasteiger charge is -2.36. The molecular weight excluding hydrogens is 284 g/mol. The Hall–Kier alpha value is -1.87. The Kier molecular flexibility index (Phi) is 3.61. The lowest BCUT2D eigenvalue weighted by Crippen LogP contribution is -2.48. The molecule has 2 aliphatic heterocycles. The van der Waals surface area contributed by atoms with Crippen molar-refractivity contribution in [2.45, 2.75) is 50.7 Å². The standard InChI is InChI=1S/C20H24N2O/c1-13-10-19(18-7-5-3-4-6-17(13)18)20(23)21-14-11-15-8-9-16(12-14)22(15)2/h3-7,10,14-16H,8-9,11-12H2,1-2H3,(H,21,23). The molecule has 2 unspecified atom stereocenters. The molecule has 0 radical (unpaired) electrons. The first-order valence-corrected chi connectivity index (χ1v) is 8.64. The first-order chi connectivity index (χ1) is 11.1. The summed E-state index contributed by atoms with van der Waals surface area (Å²) in [4.78, 5) is 15.3. The molecule has 4 aliphatic rings. The zero-order valence-corrected chi connectivity index (χ0v) is 13.9. The van der Waals surface area contributed by atoms with Crippen molar-refractivity contribution in [3.63, 3.8) is 0 Å². The lowest BCUT2D eigenvalue weighted by molar-refractivity contribution is 0.0883. The third-order valence-electron chi connectivity index (χ3n) is 5.79. The minimum Gasteiger partial charge on any atom is -0.349 e. The highest BCUT2D eigenvalue weighted by atomic mass is 16.1. The molecule has 0 aromatic carbocycles. The van der Waals surface area contributed by atoms with E-state index in [-0.39, 0.29) is 5.91 Å². The Morgan fingerprint density at radius 3 is 2.43 bits per heavy atom. The lowest BCUT2D eigenvalue weighted by atomic mass is 9.97. The van der Waals surface area contributed by atoms with E-state index in [0.29, 0.717) is 18.1 Å². The molecule has 2 fully saturated rings. The number of carbonyl (C=O) groups is 1. The first kappa shape index (κ1) is 14.7. The molecule has 0 saturated carbocycles. The van der Waals surface area contributed by atoms with Crippen LogP contribution in [0.2, 0.25) is 0 Å². The number of nitrogens with zero attached hydrogens (tertiary/aromatic N) is 1. The summed E-state index contributed by atoms with van der Waals surface area (Å²) in [6.45, 7) is 2.08. The Bertz CT molecular complexity index is 697. The molecule has 2 aliphatic carbocycles. The van der Waals surface area contributed by atoms with Gasteiger partial charge in [0.05, 0.1) is 0 Å². The molecule has 3 nitrogen and oxygen atoms in total. The topological polar surface area (TPSA) is 32.3 Å². The fourth-order valence-electron chi connectivity index (χ4n) is 4.48. The number of carbonyl (C=O) groups excluding carboxylic acids is 1. The molecule has 120 valence electrons. The van der Waals surface area contributed by atoms with Gasteiger partial charge in [0.2, 0.25) is 0 Å². The quantitative estimate of drug-likeness (QED) is 0.921. The SMILES string of the molecule is Cc1cc(C(=O)NC2CC3CCC(C2)N3C)c2cccccc1-2. The van der Waals surface area contributed by atoms with E-state index in [0.717, 1.165) is 24.0 Å². The van der Waals surface area contributed by atoms with Crippen LogP contribution in [-0.4, -0.2) is 36.0 Å². The van der Waals surface area contributed by atoms with Crippen LogP contribution >= 0.6 is 0 Å². The van der Waals surface area contributed by atoms with Gasteiger partial charge in [-0.25, -0.2) is 0 Å². The van der Waals surface area contributed by atoms with Crippen molar-refractivity contribution < 1.29 is 4.79 Å². The summed E-state index contributed by atoms with van der Waals surface area (Å²) in [6.07, 6.45) is 4.73. The minimum absolute atomic E-state index is 0.0863. The summed E-state index contributed by atoms with van der Waals surface area (Å²) in [5.41, 5.74) is 4.22. The van der Waals surface area contributed by atoms with Crippen LogP contribution in [0.25, 0.3) is 11.1 Å². The van der Waals surface area contributed by atoms with Crippen LogP contribution in [-0.2, 0) is 0 Å². The first-order valence-electron chi connectivity index (χ1n) is 8.64. The molecule has 0 spiro atoms. The van der Waals surface area contributed by atoms with Crippen LogP contribution in [0.15, 0.2) is 36.4 Å². The highest BCUT2D eigenvalue weighted by Crippen LogP contribution is 2.35. The predicted octanol–water partition coefficient (Wildman–Crippen LogP) is 3.45. The van der Waals surface area contributed by atoms with E-state index in [2.05, 4.69) is 36.3 Å². The van der Waals surface area contributed by atoms with Crippen LogP contribution in [0.4, 0.5) is 0 Å². The molecular formula is C20H24N2O. The van der Waals surface area contributed by atoms with Crippen LogP contribution in [0.3, 0.4) is 0 Å². The molecule has 1 amide bonds. The van der Waals surface area contributed by atoms with Gasteiger partial charge in [-0.15, -0.1) is 0 Å². The van der Waals surface area contributed by atoms with Gasteiger partial charge >= 0.3 is 0 Å². The average Bonchev–Trinajstić information content (AvgIpc) is 2.86. The minimum atomic E-state index is 0.0863. The second-order valence-electron chi connectivity index (χ2n) is 7.17. The Labute approximate surface area is 138 Å². The molecule has 2 heterocycles. The van der Waals surface area contributed by atoms with Gasteiger partial charge < -0.3 is 10.2 Å². The Morgan fingerprint density at radius 1 is 1.09 bits per heavy atom. The second kappa shape index (κ2) is 5.64. The number of hydrogen-bond donors (Lipinski definition) is 1. The highest BCUT2D eigenvalue weighted by Gasteiger charge is 2.39. The molecule has 0 aromatic rings. The number of aryl methyl sites for hydroxylation is 1. The predicted molar refractivity (Wildman–Crippen MR) is 92.9 cm³/mol. The van der Waals surface area contributed by atoms with Crippen molar-refractivity contribution in [1.29, 1.82) is 0 Å². The maximum Gasteiger partial charge on any atom is 0.252 e. The number of amides is 1. The Balaban J connectivity index is 1.55. The Morgan fingerprint density at radius 2 is 1.74 bits per heavy atom. The van der Waals surface area contributed by atoms with E-state index < -0.39 is 0 Å². The van der Waals surface area contributed by atoms with Gasteiger partial charge in [0.15, 0.2) is 0 Å². The summed E-state index contributed by atoms with van der Waals surface area (Å²) in [5.74, 6) is 0.0863. The highest BCUT2D eigenvalue weighted by molar-refractivity contribution is 6.03. The van der Waals surface area contributed by atoms with Crippen molar-refractivity contribution in [3.8, 4) is 11.1 Å². The van der Waals surface area contributed by atoms with Gasteiger partial charge in [-0.05, 0) is 62.4 Å². The summed E-state index contributed by atoms with van der Waals surface area (Å²) >= 11 is 0. The number of nitrogens with one attached hydrogen (secondary N) is 1. The van der Waals surface area contributed by atoms with E-state index in [1.54, 1.807) is 0 Å². The molecule has 2 bridgehead atoms. The maximum atomic E-state index is 12.8. The smallest absolute Gasteiger partial charge is 0.252 e. The van der Waals surface area contributed by atoms with Crippen molar-refractivity contribution in [2.24, 2.45) is 0 Å². The maximum absolute atomic E-state index is 12.8. The largest absolute Gasteiger partial charge is 0.349 e. The number of hydrogen-bond acceptors (Lipinski definition) is 2. The fourth-order valence-corrected chi connectivity index (χ4v) is 4.48.